The largest absolute Gasteiger partial charge is 0.419 e. The number of imidazole rings is 1. The summed E-state index contributed by atoms with van der Waals surface area (Å²) in [5.41, 5.74) is 12.8. The monoisotopic (exact) mass is 553 g/mol. The van der Waals surface area contributed by atoms with Crippen molar-refractivity contribution in [1.82, 2.24) is 23.7 Å². The van der Waals surface area contributed by atoms with Crippen LogP contribution in [-0.2, 0) is 21.1 Å². The first-order valence-electron chi connectivity index (χ1n) is 13.6. The van der Waals surface area contributed by atoms with E-state index in [1.165, 1.54) is 37.9 Å². The van der Waals surface area contributed by atoms with E-state index >= 15 is 0 Å². The minimum Gasteiger partial charge on any atom is -0.408 e. The molecule has 41 heavy (non-hydrogen) atoms. The SMILES string of the molecule is Cc1cc2c(C)nc(=O)n(C)c2cc1C.Cc1cc2nc(C)n(C)c2cc1C.Cc1cc2oc(=O)n(C)c2cc1C. The fraction of sp³-hybridized carbons (Fsp3) is 0.333. The summed E-state index contributed by atoms with van der Waals surface area (Å²) in [5.74, 6) is 0.764. The Morgan fingerprint density at radius 1 is 0.561 bits per heavy atom. The van der Waals surface area contributed by atoms with Crippen LogP contribution in [0.1, 0.15) is 44.9 Å². The van der Waals surface area contributed by atoms with Crippen LogP contribution in [-0.4, -0.2) is 23.7 Å². The molecule has 8 nitrogen and oxygen atoms in total. The first-order chi connectivity index (χ1) is 19.2. The Bertz CT molecular complexity index is 2050. The third-order valence-electron chi connectivity index (χ3n) is 8.04. The molecule has 214 valence electrons. The van der Waals surface area contributed by atoms with Crippen molar-refractivity contribution in [2.45, 2.75) is 55.4 Å². The second kappa shape index (κ2) is 11.2. The molecule has 0 fully saturated rings. The molecule has 6 aromatic rings. The first-order valence-corrected chi connectivity index (χ1v) is 13.6. The van der Waals surface area contributed by atoms with E-state index < -0.39 is 0 Å². The lowest BCUT2D eigenvalue weighted by molar-refractivity contribution is 0.528. The number of rotatable bonds is 0. The number of aromatic nitrogens is 5. The standard InChI is InChI=1S/C12H14N2O.C11H14N2.C10H11NO2/c1-7-5-10-9(3)13-12(15)14(4)11(10)6-8(7)2;1-7-5-10-11(6-8(7)2)13(4)9(3)12-10;1-6-4-8-9(5-7(6)2)13-10(12)11(8)3/h5-6H,1-4H3;5-6H,1-4H3;4-5H,1-3H3. The van der Waals surface area contributed by atoms with E-state index in [0.29, 0.717) is 5.58 Å². The molecule has 0 aliphatic heterocycles. The minimum absolute atomic E-state index is 0.191. The lowest BCUT2D eigenvalue weighted by Gasteiger charge is -2.09. The molecule has 0 N–H and O–H groups in total. The summed E-state index contributed by atoms with van der Waals surface area (Å²) < 4.78 is 10.3. The molecule has 6 rings (SSSR count). The Kier molecular flexibility index (Phi) is 8.06. The third kappa shape index (κ3) is 5.73. The van der Waals surface area contributed by atoms with E-state index in [-0.39, 0.29) is 11.4 Å². The van der Waals surface area contributed by atoms with E-state index in [4.69, 9.17) is 4.42 Å². The van der Waals surface area contributed by atoms with Gasteiger partial charge in [-0.05, 0) is 125 Å². The number of hydrogen-bond donors (Lipinski definition) is 0. The smallest absolute Gasteiger partial charge is 0.408 e. The van der Waals surface area contributed by atoms with Gasteiger partial charge in [0.25, 0.3) is 0 Å². The van der Waals surface area contributed by atoms with Crippen molar-refractivity contribution in [1.29, 1.82) is 0 Å². The number of nitrogens with zero attached hydrogens (tertiary/aromatic N) is 5. The number of benzene rings is 3. The summed E-state index contributed by atoms with van der Waals surface area (Å²) in [5, 5.41) is 1.06. The van der Waals surface area contributed by atoms with Gasteiger partial charge in [-0.15, -0.1) is 0 Å². The van der Waals surface area contributed by atoms with Gasteiger partial charge in [0, 0.05) is 26.5 Å². The van der Waals surface area contributed by atoms with Crippen molar-refractivity contribution in [3.05, 3.63) is 102 Å². The summed E-state index contributed by atoms with van der Waals surface area (Å²) in [7, 11) is 5.52. The van der Waals surface area contributed by atoms with Gasteiger partial charge >= 0.3 is 11.4 Å². The molecule has 0 spiro atoms. The fourth-order valence-electron chi connectivity index (χ4n) is 4.70. The Balaban J connectivity index is 0.000000142. The zero-order valence-electron chi connectivity index (χ0n) is 25.9. The zero-order chi connectivity index (χ0) is 30.3. The van der Waals surface area contributed by atoms with Crippen LogP contribution in [0.2, 0.25) is 0 Å². The number of oxazole rings is 1. The topological polar surface area (TPSA) is 87.8 Å². The van der Waals surface area contributed by atoms with Crippen LogP contribution in [0.25, 0.3) is 33.0 Å². The number of hydrogen-bond acceptors (Lipinski definition) is 5. The van der Waals surface area contributed by atoms with Crippen molar-refractivity contribution >= 4 is 33.0 Å². The van der Waals surface area contributed by atoms with Crippen LogP contribution >= 0.6 is 0 Å². The molecule has 0 saturated heterocycles. The Morgan fingerprint density at radius 2 is 1.07 bits per heavy atom. The maximum absolute atomic E-state index is 11.5. The van der Waals surface area contributed by atoms with Gasteiger partial charge in [0.05, 0.1) is 27.8 Å². The van der Waals surface area contributed by atoms with Crippen molar-refractivity contribution in [3.63, 3.8) is 0 Å². The second-order valence-corrected chi connectivity index (χ2v) is 11.0. The third-order valence-corrected chi connectivity index (χ3v) is 8.04. The average molecular weight is 554 g/mol. The lowest BCUT2D eigenvalue weighted by Crippen LogP contribution is -2.21. The van der Waals surface area contributed by atoms with Crippen molar-refractivity contribution in [3.8, 4) is 0 Å². The van der Waals surface area contributed by atoms with Gasteiger partial charge in [-0.2, -0.15) is 4.98 Å². The van der Waals surface area contributed by atoms with Crippen LogP contribution in [0.5, 0.6) is 0 Å². The number of fused-ring (bicyclic) bond motifs is 3. The highest BCUT2D eigenvalue weighted by Gasteiger charge is 2.08. The van der Waals surface area contributed by atoms with Crippen LogP contribution < -0.4 is 11.4 Å². The molecule has 0 aliphatic carbocycles. The second-order valence-electron chi connectivity index (χ2n) is 11.0. The molecule has 3 aromatic carbocycles. The zero-order valence-corrected chi connectivity index (χ0v) is 25.9. The van der Waals surface area contributed by atoms with Gasteiger partial charge in [0.15, 0.2) is 5.58 Å². The van der Waals surface area contributed by atoms with Gasteiger partial charge < -0.3 is 8.98 Å². The summed E-state index contributed by atoms with van der Waals surface area (Å²) in [6.45, 7) is 16.3. The molecule has 3 aromatic heterocycles. The molecule has 0 atom stereocenters. The summed E-state index contributed by atoms with van der Waals surface area (Å²) in [6.07, 6.45) is 0. The van der Waals surface area contributed by atoms with Gasteiger partial charge in [-0.25, -0.2) is 14.6 Å². The van der Waals surface area contributed by atoms with Gasteiger partial charge in [0.2, 0.25) is 0 Å². The molecule has 0 radical (unpaired) electrons. The van der Waals surface area contributed by atoms with Crippen molar-refractivity contribution in [2.75, 3.05) is 0 Å². The Hall–Kier alpha value is -4.46. The van der Waals surface area contributed by atoms with Gasteiger partial charge in [-0.3, -0.25) is 9.13 Å². The normalized spacial score (nSPS) is 11.0. The molecule has 0 aliphatic rings. The predicted molar refractivity (Wildman–Crippen MR) is 167 cm³/mol. The van der Waals surface area contributed by atoms with E-state index in [0.717, 1.165) is 39.0 Å². The van der Waals surface area contributed by atoms with E-state index in [2.05, 4.69) is 67.5 Å². The molecule has 3 heterocycles. The van der Waals surface area contributed by atoms with Crippen LogP contribution in [0.15, 0.2) is 50.4 Å². The quantitative estimate of drug-likeness (QED) is 0.227. The van der Waals surface area contributed by atoms with Gasteiger partial charge in [0.1, 0.15) is 5.82 Å². The van der Waals surface area contributed by atoms with Crippen LogP contribution in [0, 0.1) is 55.4 Å². The highest BCUT2D eigenvalue weighted by atomic mass is 16.4. The first kappa shape index (κ1) is 29.5. The van der Waals surface area contributed by atoms with E-state index in [1.807, 2.05) is 45.9 Å². The molecule has 0 unspecified atom stereocenters. The van der Waals surface area contributed by atoms with Gasteiger partial charge in [-0.1, -0.05) is 0 Å². The summed E-state index contributed by atoms with van der Waals surface area (Å²) >= 11 is 0. The molecule has 0 saturated carbocycles. The van der Waals surface area contributed by atoms with E-state index in [1.54, 1.807) is 18.7 Å². The fourth-order valence-corrected chi connectivity index (χ4v) is 4.70. The highest BCUT2D eigenvalue weighted by molar-refractivity contribution is 5.82. The van der Waals surface area contributed by atoms with Crippen molar-refractivity contribution in [2.24, 2.45) is 21.1 Å². The summed E-state index contributed by atoms with van der Waals surface area (Å²) in [4.78, 5) is 31.1. The van der Waals surface area contributed by atoms with E-state index in [9.17, 15) is 9.59 Å². The molecule has 8 heteroatoms. The maximum Gasteiger partial charge on any atom is 0.419 e. The molecule has 0 amide bonds. The Morgan fingerprint density at radius 3 is 1.71 bits per heavy atom. The Labute approximate surface area is 239 Å². The minimum atomic E-state index is -0.306. The lowest BCUT2D eigenvalue weighted by atomic mass is 10.1. The van der Waals surface area contributed by atoms with Crippen LogP contribution in [0.4, 0.5) is 0 Å². The van der Waals surface area contributed by atoms with Crippen molar-refractivity contribution < 1.29 is 4.42 Å². The molecule has 0 bridgehead atoms. The molecular weight excluding hydrogens is 514 g/mol. The average Bonchev–Trinajstić information content (AvgIpc) is 3.33. The summed E-state index contributed by atoms with van der Waals surface area (Å²) in [6, 6.07) is 12.3. The maximum atomic E-state index is 11.5. The van der Waals surface area contributed by atoms with Crippen LogP contribution in [0.3, 0.4) is 0 Å². The highest BCUT2D eigenvalue weighted by Crippen LogP contribution is 2.20. The molecular formula is C33H39N5O3. The number of aryl methyl sites for hydroxylation is 11. The predicted octanol–water partition coefficient (Wildman–Crippen LogP) is 6.11.